The number of hydrogen-bond donors (Lipinski definition) is 1. The zero-order valence-corrected chi connectivity index (χ0v) is 9.52. The smallest absolute Gasteiger partial charge is 0.0795 e. The molecule has 1 N–H and O–H groups in total. The number of thiazole rings is 1. The molecule has 78 valence electrons. The number of nitrogens with zero attached hydrogens (tertiary/aromatic N) is 1. The summed E-state index contributed by atoms with van der Waals surface area (Å²) in [6.45, 7) is 3.32. The molecule has 1 aromatic rings. The minimum atomic E-state index is 0.523. The lowest BCUT2D eigenvalue weighted by Crippen LogP contribution is -2.32. The number of hydrogen-bond acceptors (Lipinski definition) is 3. The third kappa shape index (κ3) is 2.15. The molecule has 1 heterocycles. The molecule has 14 heavy (non-hydrogen) atoms. The van der Waals surface area contributed by atoms with Crippen LogP contribution in [0.5, 0.6) is 0 Å². The van der Waals surface area contributed by atoms with Gasteiger partial charge in [0.15, 0.2) is 0 Å². The first-order chi connectivity index (χ1) is 6.92. The molecule has 3 heteroatoms. The second-order valence-electron chi connectivity index (χ2n) is 4.04. The predicted octanol–water partition coefficient (Wildman–Crippen LogP) is 2.98. The summed E-state index contributed by atoms with van der Waals surface area (Å²) in [5.74, 6) is 0.837. The van der Waals surface area contributed by atoms with Crippen molar-refractivity contribution >= 4 is 11.3 Å². The van der Waals surface area contributed by atoms with Gasteiger partial charge in [0.25, 0.3) is 0 Å². The van der Waals surface area contributed by atoms with E-state index in [4.69, 9.17) is 0 Å². The van der Waals surface area contributed by atoms with Crippen molar-refractivity contribution in [3.8, 4) is 0 Å². The van der Waals surface area contributed by atoms with Gasteiger partial charge >= 0.3 is 0 Å². The van der Waals surface area contributed by atoms with Gasteiger partial charge in [0.2, 0.25) is 0 Å². The standard InChI is InChI=1S/C11H18N2S/c1-2-6-12-11(9-4-3-5-9)10-7-14-8-13-10/h7-9,11-12H,2-6H2,1H3. The molecule has 2 nitrogen and oxygen atoms in total. The molecular formula is C11H18N2S. The Kier molecular flexibility index (Phi) is 3.54. The van der Waals surface area contributed by atoms with E-state index in [-0.39, 0.29) is 0 Å². The fourth-order valence-corrected chi connectivity index (χ4v) is 2.55. The van der Waals surface area contributed by atoms with E-state index in [1.54, 1.807) is 11.3 Å². The summed E-state index contributed by atoms with van der Waals surface area (Å²) in [7, 11) is 0. The van der Waals surface area contributed by atoms with Crippen LogP contribution in [-0.4, -0.2) is 11.5 Å². The molecule has 0 bridgehead atoms. The third-order valence-electron chi connectivity index (χ3n) is 3.01. The molecule has 0 radical (unpaired) electrons. The van der Waals surface area contributed by atoms with Crippen molar-refractivity contribution in [2.45, 2.75) is 38.6 Å². The molecule has 1 aliphatic carbocycles. The maximum atomic E-state index is 4.43. The average Bonchev–Trinajstić information content (AvgIpc) is 2.61. The summed E-state index contributed by atoms with van der Waals surface area (Å²) in [5.41, 5.74) is 3.20. The Morgan fingerprint density at radius 3 is 3.00 bits per heavy atom. The largest absolute Gasteiger partial charge is 0.308 e. The first-order valence-corrected chi connectivity index (χ1v) is 6.47. The monoisotopic (exact) mass is 210 g/mol. The van der Waals surface area contributed by atoms with Crippen LogP contribution in [0.1, 0.15) is 44.3 Å². The van der Waals surface area contributed by atoms with Gasteiger partial charge in [-0.15, -0.1) is 11.3 Å². The van der Waals surface area contributed by atoms with Gasteiger partial charge in [0, 0.05) is 5.38 Å². The number of rotatable bonds is 5. The summed E-state index contributed by atoms with van der Waals surface area (Å²) in [6.07, 6.45) is 5.35. The highest BCUT2D eigenvalue weighted by Gasteiger charge is 2.28. The molecule has 0 saturated heterocycles. The molecule has 1 atom stereocenters. The highest BCUT2D eigenvalue weighted by atomic mass is 32.1. The van der Waals surface area contributed by atoms with Crippen LogP contribution in [0.2, 0.25) is 0 Å². The summed E-state index contributed by atoms with van der Waals surface area (Å²) < 4.78 is 0. The van der Waals surface area contributed by atoms with Crippen molar-refractivity contribution < 1.29 is 0 Å². The lowest BCUT2D eigenvalue weighted by atomic mass is 9.78. The summed E-state index contributed by atoms with van der Waals surface area (Å²) in [5, 5.41) is 5.80. The van der Waals surface area contributed by atoms with Crippen LogP contribution in [0.25, 0.3) is 0 Å². The van der Waals surface area contributed by atoms with Gasteiger partial charge in [-0.3, -0.25) is 0 Å². The van der Waals surface area contributed by atoms with Crippen LogP contribution < -0.4 is 5.32 Å². The minimum Gasteiger partial charge on any atom is -0.308 e. The van der Waals surface area contributed by atoms with Gasteiger partial charge in [-0.1, -0.05) is 13.3 Å². The van der Waals surface area contributed by atoms with Crippen LogP contribution in [0.4, 0.5) is 0 Å². The SMILES string of the molecule is CCCNC(c1cscn1)C1CCC1. The second kappa shape index (κ2) is 4.89. The zero-order valence-electron chi connectivity index (χ0n) is 8.70. The molecule has 1 saturated carbocycles. The maximum absolute atomic E-state index is 4.43. The van der Waals surface area contributed by atoms with E-state index < -0.39 is 0 Å². The highest BCUT2D eigenvalue weighted by molar-refractivity contribution is 7.07. The van der Waals surface area contributed by atoms with Gasteiger partial charge in [-0.25, -0.2) is 4.98 Å². The average molecular weight is 210 g/mol. The minimum absolute atomic E-state index is 0.523. The van der Waals surface area contributed by atoms with Crippen molar-refractivity contribution in [1.29, 1.82) is 0 Å². The molecule has 2 rings (SSSR count). The topological polar surface area (TPSA) is 24.9 Å². The van der Waals surface area contributed by atoms with E-state index in [0.717, 1.165) is 12.5 Å². The lowest BCUT2D eigenvalue weighted by Gasteiger charge is -2.33. The maximum Gasteiger partial charge on any atom is 0.0795 e. The van der Waals surface area contributed by atoms with Gasteiger partial charge in [0.1, 0.15) is 0 Å². The first-order valence-electron chi connectivity index (χ1n) is 5.53. The van der Waals surface area contributed by atoms with E-state index in [9.17, 15) is 0 Å². The van der Waals surface area contributed by atoms with Crippen molar-refractivity contribution in [2.75, 3.05) is 6.54 Å². The number of aromatic nitrogens is 1. The fourth-order valence-electron chi connectivity index (χ4n) is 1.96. The molecule has 1 aliphatic rings. The van der Waals surface area contributed by atoms with Gasteiger partial charge in [-0.05, 0) is 31.7 Å². The fraction of sp³-hybridized carbons (Fsp3) is 0.727. The molecule has 0 spiro atoms. The van der Waals surface area contributed by atoms with Gasteiger partial charge in [-0.2, -0.15) is 0 Å². The van der Waals surface area contributed by atoms with E-state index in [1.165, 1.54) is 31.4 Å². The zero-order chi connectivity index (χ0) is 9.80. The third-order valence-corrected chi connectivity index (χ3v) is 3.61. The Balaban J connectivity index is 1.98. The molecular weight excluding hydrogens is 192 g/mol. The van der Waals surface area contributed by atoms with Crippen molar-refractivity contribution in [2.24, 2.45) is 5.92 Å². The van der Waals surface area contributed by atoms with Crippen molar-refractivity contribution in [3.05, 3.63) is 16.6 Å². The van der Waals surface area contributed by atoms with Gasteiger partial charge < -0.3 is 5.32 Å². The Morgan fingerprint density at radius 1 is 1.64 bits per heavy atom. The molecule has 1 fully saturated rings. The van der Waals surface area contributed by atoms with Crippen LogP contribution in [-0.2, 0) is 0 Å². The Hall–Kier alpha value is -0.410. The van der Waals surface area contributed by atoms with E-state index in [0.29, 0.717) is 6.04 Å². The molecule has 0 amide bonds. The Morgan fingerprint density at radius 2 is 2.50 bits per heavy atom. The summed E-state index contributed by atoms with van der Waals surface area (Å²) in [6, 6.07) is 0.523. The highest BCUT2D eigenvalue weighted by Crippen LogP contribution is 2.37. The lowest BCUT2D eigenvalue weighted by molar-refractivity contribution is 0.228. The van der Waals surface area contributed by atoms with Crippen LogP contribution >= 0.6 is 11.3 Å². The van der Waals surface area contributed by atoms with Crippen LogP contribution in [0, 0.1) is 5.92 Å². The molecule has 1 aromatic heterocycles. The Labute approximate surface area is 89.8 Å². The Bertz CT molecular complexity index is 254. The molecule has 0 aromatic carbocycles. The van der Waals surface area contributed by atoms with Crippen LogP contribution in [0.15, 0.2) is 10.9 Å². The van der Waals surface area contributed by atoms with Crippen molar-refractivity contribution in [1.82, 2.24) is 10.3 Å². The second-order valence-corrected chi connectivity index (χ2v) is 4.75. The molecule has 0 aliphatic heterocycles. The normalized spacial score (nSPS) is 19.2. The van der Waals surface area contributed by atoms with Crippen LogP contribution in [0.3, 0.4) is 0 Å². The van der Waals surface area contributed by atoms with E-state index >= 15 is 0 Å². The van der Waals surface area contributed by atoms with Gasteiger partial charge in [0.05, 0.1) is 17.2 Å². The summed E-state index contributed by atoms with van der Waals surface area (Å²) >= 11 is 1.70. The predicted molar refractivity (Wildman–Crippen MR) is 60.5 cm³/mol. The van der Waals surface area contributed by atoms with Crippen molar-refractivity contribution in [3.63, 3.8) is 0 Å². The van der Waals surface area contributed by atoms with E-state index in [2.05, 4.69) is 22.6 Å². The quantitative estimate of drug-likeness (QED) is 0.808. The van der Waals surface area contributed by atoms with E-state index in [1.807, 2.05) is 5.51 Å². The number of nitrogens with one attached hydrogen (secondary N) is 1. The molecule has 1 unspecified atom stereocenters. The first kappa shape index (κ1) is 10.1. The summed E-state index contributed by atoms with van der Waals surface area (Å²) in [4.78, 5) is 4.43.